The summed E-state index contributed by atoms with van der Waals surface area (Å²) in [6, 6.07) is 13.6. The van der Waals surface area contributed by atoms with Crippen molar-refractivity contribution in [2.24, 2.45) is 12.8 Å². The van der Waals surface area contributed by atoms with Crippen molar-refractivity contribution in [2.75, 3.05) is 13.1 Å². The van der Waals surface area contributed by atoms with Crippen LogP contribution >= 0.6 is 22.9 Å². The number of nitrogens with zero attached hydrogens (tertiary/aromatic N) is 4. The van der Waals surface area contributed by atoms with E-state index in [1.54, 1.807) is 11.0 Å². The normalized spacial score (nSPS) is 14.9. The second-order valence-corrected chi connectivity index (χ2v) is 11.3. The standard InChI is InChI=1S/C29H29ClN6O3S/c1-17(21-4-3-5-24(27(21)30)39-20-8-10-32-11-9-20)38-25-13-26(40-28(25)29(31)37)36-16-33-22-12-18(6-7-23(22)36)19-14-34-35(2)15-19/h3-7,12-17,20,32H,8-11H2,1-2H3,(H2,31,37). The fourth-order valence-corrected chi connectivity index (χ4v) is 6.21. The first-order valence-electron chi connectivity index (χ1n) is 13.1. The zero-order valence-electron chi connectivity index (χ0n) is 22.1. The van der Waals surface area contributed by atoms with E-state index >= 15 is 0 Å². The molecule has 1 amide bonds. The van der Waals surface area contributed by atoms with Crippen molar-refractivity contribution in [3.8, 4) is 27.6 Å². The van der Waals surface area contributed by atoms with Gasteiger partial charge >= 0.3 is 0 Å². The van der Waals surface area contributed by atoms with Crippen LogP contribution in [0.2, 0.25) is 5.02 Å². The van der Waals surface area contributed by atoms with Gasteiger partial charge in [-0.05, 0) is 56.6 Å². The van der Waals surface area contributed by atoms with Crippen molar-refractivity contribution in [1.82, 2.24) is 24.6 Å². The van der Waals surface area contributed by atoms with Crippen LogP contribution in [0.5, 0.6) is 11.5 Å². The summed E-state index contributed by atoms with van der Waals surface area (Å²) in [5, 5.41) is 8.87. The van der Waals surface area contributed by atoms with Crippen LogP contribution in [0.4, 0.5) is 0 Å². The summed E-state index contributed by atoms with van der Waals surface area (Å²) in [5.74, 6) is 0.476. The van der Waals surface area contributed by atoms with E-state index in [0.29, 0.717) is 21.4 Å². The van der Waals surface area contributed by atoms with Crippen LogP contribution in [0.15, 0.2) is 61.2 Å². The van der Waals surface area contributed by atoms with Crippen molar-refractivity contribution in [3.63, 3.8) is 0 Å². The van der Waals surface area contributed by atoms with E-state index in [2.05, 4.69) is 15.4 Å². The van der Waals surface area contributed by atoms with Gasteiger partial charge in [0.05, 0.1) is 22.3 Å². The van der Waals surface area contributed by atoms with Crippen molar-refractivity contribution >= 4 is 39.9 Å². The number of aryl methyl sites for hydroxylation is 1. The molecule has 1 saturated heterocycles. The zero-order chi connectivity index (χ0) is 27.8. The predicted molar refractivity (Wildman–Crippen MR) is 157 cm³/mol. The lowest BCUT2D eigenvalue weighted by molar-refractivity contribution is 0.0998. The number of benzene rings is 2. The highest BCUT2D eigenvalue weighted by molar-refractivity contribution is 7.16. The third-order valence-corrected chi connectivity index (χ3v) is 8.58. The Bertz CT molecular complexity index is 1690. The van der Waals surface area contributed by atoms with E-state index in [1.807, 2.05) is 73.4 Å². The number of carbonyl (C=O) groups excluding carboxylic acids is 1. The molecule has 0 spiro atoms. The molecule has 206 valence electrons. The van der Waals surface area contributed by atoms with Crippen LogP contribution in [0.1, 0.15) is 41.1 Å². The molecular formula is C29H29ClN6O3S. The van der Waals surface area contributed by atoms with Gasteiger partial charge in [-0.1, -0.05) is 29.8 Å². The molecule has 0 radical (unpaired) electrons. The molecule has 1 aliphatic heterocycles. The second-order valence-electron chi connectivity index (χ2n) is 9.85. The number of hydrogen-bond donors (Lipinski definition) is 2. The summed E-state index contributed by atoms with van der Waals surface area (Å²) in [6.07, 6.45) is 7.05. The highest BCUT2D eigenvalue weighted by atomic mass is 35.5. The number of nitrogens with one attached hydrogen (secondary N) is 1. The number of piperidine rings is 1. The van der Waals surface area contributed by atoms with Crippen LogP contribution in [0, 0.1) is 0 Å². The molecule has 0 aliphatic carbocycles. The third kappa shape index (κ3) is 5.17. The first kappa shape index (κ1) is 26.4. The smallest absolute Gasteiger partial charge is 0.262 e. The minimum Gasteiger partial charge on any atom is -0.489 e. The van der Waals surface area contributed by atoms with Gasteiger partial charge in [-0.3, -0.25) is 14.0 Å². The number of hydrogen-bond acceptors (Lipinski definition) is 7. The Kier molecular flexibility index (Phi) is 7.22. The van der Waals surface area contributed by atoms with E-state index < -0.39 is 12.0 Å². The second kappa shape index (κ2) is 11.0. The summed E-state index contributed by atoms with van der Waals surface area (Å²) in [5.41, 5.74) is 10.3. The summed E-state index contributed by atoms with van der Waals surface area (Å²) in [4.78, 5) is 17.3. The Morgan fingerprint density at radius 1 is 1.18 bits per heavy atom. The van der Waals surface area contributed by atoms with Crippen LogP contribution in [-0.2, 0) is 7.05 Å². The molecule has 1 fully saturated rings. The van der Waals surface area contributed by atoms with Gasteiger partial charge in [-0.2, -0.15) is 5.10 Å². The molecule has 1 unspecified atom stereocenters. The van der Waals surface area contributed by atoms with E-state index in [9.17, 15) is 4.79 Å². The maximum absolute atomic E-state index is 12.4. The van der Waals surface area contributed by atoms with Gasteiger partial charge in [0.1, 0.15) is 39.9 Å². The van der Waals surface area contributed by atoms with Crippen LogP contribution in [0.3, 0.4) is 0 Å². The number of fused-ring (bicyclic) bond motifs is 1. The Morgan fingerprint density at radius 3 is 2.75 bits per heavy atom. The lowest BCUT2D eigenvalue weighted by atomic mass is 10.1. The van der Waals surface area contributed by atoms with Gasteiger partial charge in [-0.25, -0.2) is 4.98 Å². The van der Waals surface area contributed by atoms with Crippen molar-refractivity contribution in [2.45, 2.75) is 32.0 Å². The Balaban J connectivity index is 1.27. The average Bonchev–Trinajstić information content (AvgIpc) is 3.68. The fourth-order valence-electron chi connectivity index (χ4n) is 4.96. The molecule has 11 heteroatoms. The number of amides is 1. The molecular weight excluding hydrogens is 548 g/mol. The quantitative estimate of drug-likeness (QED) is 0.252. The molecule has 0 bridgehead atoms. The lowest BCUT2D eigenvalue weighted by Gasteiger charge is -2.25. The number of thiophene rings is 1. The van der Waals surface area contributed by atoms with Gasteiger partial charge in [-0.15, -0.1) is 11.3 Å². The molecule has 3 aromatic heterocycles. The Hall–Kier alpha value is -3.86. The van der Waals surface area contributed by atoms with Crippen LogP contribution in [0.25, 0.3) is 27.2 Å². The number of rotatable bonds is 8. The number of primary amides is 1. The van der Waals surface area contributed by atoms with Crippen LogP contribution < -0.4 is 20.5 Å². The number of ether oxygens (including phenoxy) is 2. The average molecular weight is 577 g/mol. The molecule has 4 heterocycles. The minimum absolute atomic E-state index is 0.122. The van der Waals surface area contributed by atoms with Crippen molar-refractivity contribution in [1.29, 1.82) is 0 Å². The van der Waals surface area contributed by atoms with E-state index in [0.717, 1.165) is 58.7 Å². The Labute approximate surface area is 240 Å². The molecule has 5 aromatic rings. The molecule has 9 nitrogen and oxygen atoms in total. The van der Waals surface area contributed by atoms with Gasteiger partial charge in [0.25, 0.3) is 5.91 Å². The minimum atomic E-state index is -0.559. The highest BCUT2D eigenvalue weighted by Crippen LogP contribution is 2.39. The molecule has 6 rings (SSSR count). The van der Waals surface area contributed by atoms with Gasteiger partial charge in [0.2, 0.25) is 0 Å². The summed E-state index contributed by atoms with van der Waals surface area (Å²) in [7, 11) is 1.89. The van der Waals surface area contributed by atoms with Crippen LogP contribution in [-0.4, -0.2) is 44.4 Å². The molecule has 3 N–H and O–H groups in total. The molecule has 2 aromatic carbocycles. The summed E-state index contributed by atoms with van der Waals surface area (Å²) >= 11 is 8.03. The third-order valence-electron chi connectivity index (χ3n) is 7.05. The first-order valence-corrected chi connectivity index (χ1v) is 14.3. The first-order chi connectivity index (χ1) is 19.4. The maximum atomic E-state index is 12.4. The van der Waals surface area contributed by atoms with Crippen molar-refractivity contribution < 1.29 is 14.3 Å². The van der Waals surface area contributed by atoms with E-state index in [-0.39, 0.29) is 6.10 Å². The number of carbonyl (C=O) groups is 1. The number of aromatic nitrogens is 4. The van der Waals surface area contributed by atoms with Gasteiger partial charge in [0.15, 0.2) is 0 Å². The molecule has 40 heavy (non-hydrogen) atoms. The number of imidazole rings is 1. The highest BCUT2D eigenvalue weighted by Gasteiger charge is 2.23. The Morgan fingerprint density at radius 2 is 2.00 bits per heavy atom. The predicted octanol–water partition coefficient (Wildman–Crippen LogP) is 5.51. The van der Waals surface area contributed by atoms with Gasteiger partial charge < -0.3 is 20.5 Å². The van der Waals surface area contributed by atoms with E-state index in [1.165, 1.54) is 11.3 Å². The zero-order valence-corrected chi connectivity index (χ0v) is 23.7. The lowest BCUT2D eigenvalue weighted by Crippen LogP contribution is -2.34. The summed E-state index contributed by atoms with van der Waals surface area (Å²) in [6.45, 7) is 3.75. The number of nitrogens with two attached hydrogens (primary N) is 1. The largest absolute Gasteiger partial charge is 0.489 e. The fraction of sp³-hybridized carbons (Fsp3) is 0.276. The topological polar surface area (TPSA) is 109 Å². The summed E-state index contributed by atoms with van der Waals surface area (Å²) < 4.78 is 16.2. The van der Waals surface area contributed by atoms with Gasteiger partial charge in [0, 0.05) is 30.4 Å². The van der Waals surface area contributed by atoms with E-state index in [4.69, 9.17) is 26.8 Å². The number of halogens is 1. The SMILES string of the molecule is CC(Oc1cc(-n2cnc3cc(-c4cnn(C)c4)ccc32)sc1C(N)=O)c1cccc(OC2CCNCC2)c1Cl. The molecule has 1 aliphatic rings. The molecule has 1 atom stereocenters. The van der Waals surface area contributed by atoms with Crippen molar-refractivity contribution in [3.05, 3.63) is 76.6 Å². The maximum Gasteiger partial charge on any atom is 0.262 e. The molecule has 0 saturated carbocycles. The monoisotopic (exact) mass is 576 g/mol.